The fourth-order valence-corrected chi connectivity index (χ4v) is 2.63. The zero-order valence-electron chi connectivity index (χ0n) is 15.3. The Kier molecular flexibility index (Phi) is 4.55. The van der Waals surface area contributed by atoms with Crippen LogP contribution in [0.25, 0.3) is 17.3 Å². The first kappa shape index (κ1) is 17.8. The number of nitrogens with zero attached hydrogens (tertiary/aromatic N) is 3. The highest BCUT2D eigenvalue weighted by Gasteiger charge is 2.53. The summed E-state index contributed by atoms with van der Waals surface area (Å²) >= 11 is 0. The van der Waals surface area contributed by atoms with Gasteiger partial charge in [0.25, 0.3) is 0 Å². The fraction of sp³-hybridized carbons (Fsp3) is 0.444. The minimum atomic E-state index is -1.01. The molecule has 7 heteroatoms. The van der Waals surface area contributed by atoms with Gasteiger partial charge in [-0.25, -0.2) is 4.39 Å². The zero-order valence-corrected chi connectivity index (χ0v) is 15.3. The van der Waals surface area contributed by atoms with E-state index < -0.39 is 24.0 Å². The molecule has 1 aliphatic rings. The third kappa shape index (κ3) is 3.39. The number of pyridine rings is 1. The van der Waals surface area contributed by atoms with Crippen molar-refractivity contribution in [1.82, 2.24) is 14.8 Å². The van der Waals surface area contributed by atoms with Crippen molar-refractivity contribution < 1.29 is 13.7 Å². The van der Waals surface area contributed by atoms with E-state index in [0.29, 0.717) is 12.2 Å². The molecule has 5 nitrogen and oxygen atoms in total. The molecule has 1 fully saturated rings. The number of hydrogen-bond donors (Lipinski definition) is 0. The Balaban J connectivity index is 1.89. The van der Waals surface area contributed by atoms with E-state index in [0.717, 1.165) is 11.3 Å². The predicted octanol–water partition coefficient (Wildman–Crippen LogP) is 3.91. The summed E-state index contributed by atoms with van der Waals surface area (Å²) in [5.41, 5.74) is 0.771. The standard InChI is InChI=1S/C18H23BFN3O2/c1-6-23-14(11-15(22-23)13-7-9-21-10-8-13)12-16(20)19-24-17(2,3)18(4,5)25-19/h7-12H,6H2,1-5H3. The van der Waals surface area contributed by atoms with Crippen molar-refractivity contribution in [2.24, 2.45) is 0 Å². The van der Waals surface area contributed by atoms with E-state index in [4.69, 9.17) is 9.31 Å². The third-order valence-corrected chi connectivity index (χ3v) is 4.85. The first-order valence-corrected chi connectivity index (χ1v) is 8.44. The molecule has 3 rings (SSSR count). The van der Waals surface area contributed by atoms with Gasteiger partial charge < -0.3 is 9.31 Å². The van der Waals surface area contributed by atoms with Gasteiger partial charge in [-0.2, -0.15) is 5.10 Å². The average Bonchev–Trinajstić information content (AvgIpc) is 3.06. The summed E-state index contributed by atoms with van der Waals surface area (Å²) in [5.74, 6) is 0. The van der Waals surface area contributed by atoms with Gasteiger partial charge in [-0.3, -0.25) is 9.67 Å². The van der Waals surface area contributed by atoms with Crippen LogP contribution in [-0.4, -0.2) is 33.1 Å². The number of aromatic nitrogens is 3. The Morgan fingerprint density at radius 2 is 1.80 bits per heavy atom. The van der Waals surface area contributed by atoms with Gasteiger partial charge in [0.2, 0.25) is 0 Å². The minimum absolute atomic E-state index is 0.463. The van der Waals surface area contributed by atoms with E-state index in [1.165, 1.54) is 6.08 Å². The van der Waals surface area contributed by atoms with Gasteiger partial charge in [-0.15, -0.1) is 0 Å². The summed E-state index contributed by atoms with van der Waals surface area (Å²) in [4.78, 5) is 4.01. The van der Waals surface area contributed by atoms with E-state index in [-0.39, 0.29) is 0 Å². The molecular formula is C18H23BFN3O2. The largest absolute Gasteiger partial charge is 0.525 e. The summed E-state index contributed by atoms with van der Waals surface area (Å²) < 4.78 is 28.0. The molecule has 0 bridgehead atoms. The molecule has 1 saturated heterocycles. The summed E-state index contributed by atoms with van der Waals surface area (Å²) in [6.07, 6.45) is 4.85. The predicted molar refractivity (Wildman–Crippen MR) is 96.3 cm³/mol. The Labute approximate surface area is 148 Å². The molecule has 0 spiro atoms. The Hall–Kier alpha value is -1.99. The molecule has 0 unspecified atom stereocenters. The number of rotatable bonds is 4. The highest BCUT2D eigenvalue weighted by molar-refractivity contribution is 6.54. The summed E-state index contributed by atoms with van der Waals surface area (Å²) in [6.45, 7) is 10.2. The maximum absolute atomic E-state index is 14.8. The lowest BCUT2D eigenvalue weighted by molar-refractivity contribution is 0.00578. The minimum Gasteiger partial charge on any atom is -0.398 e. The van der Waals surface area contributed by atoms with E-state index in [9.17, 15) is 4.39 Å². The van der Waals surface area contributed by atoms with Gasteiger partial charge in [0, 0.05) is 24.5 Å². The highest BCUT2D eigenvalue weighted by Crippen LogP contribution is 2.39. The van der Waals surface area contributed by atoms with Crippen LogP contribution in [0.2, 0.25) is 0 Å². The molecule has 3 heterocycles. The Morgan fingerprint density at radius 3 is 2.36 bits per heavy atom. The van der Waals surface area contributed by atoms with E-state index in [2.05, 4.69) is 10.1 Å². The second-order valence-corrected chi connectivity index (χ2v) is 7.12. The smallest absolute Gasteiger partial charge is 0.398 e. The van der Waals surface area contributed by atoms with Crippen molar-refractivity contribution in [3.05, 3.63) is 42.0 Å². The SMILES string of the molecule is CCn1nc(-c2ccncc2)cc1C=C(F)B1OC(C)(C)C(C)(C)O1. The first-order chi connectivity index (χ1) is 11.7. The molecule has 0 aliphatic carbocycles. The van der Waals surface area contributed by atoms with Gasteiger partial charge in [-0.1, -0.05) is 0 Å². The van der Waals surface area contributed by atoms with Crippen LogP contribution in [0.4, 0.5) is 4.39 Å². The monoisotopic (exact) mass is 343 g/mol. The van der Waals surface area contributed by atoms with Crippen molar-refractivity contribution >= 4 is 13.2 Å². The number of aryl methyl sites for hydroxylation is 1. The maximum atomic E-state index is 14.8. The van der Waals surface area contributed by atoms with Crippen molar-refractivity contribution in [3.8, 4) is 11.3 Å². The first-order valence-electron chi connectivity index (χ1n) is 8.44. The molecule has 2 aromatic rings. The maximum Gasteiger partial charge on any atom is 0.525 e. The van der Waals surface area contributed by atoms with Crippen LogP contribution < -0.4 is 0 Å². The second kappa shape index (κ2) is 6.39. The summed E-state index contributed by atoms with van der Waals surface area (Å²) in [6, 6.07) is 5.60. The molecular weight excluding hydrogens is 320 g/mol. The van der Waals surface area contributed by atoms with Gasteiger partial charge in [0.15, 0.2) is 0 Å². The highest BCUT2D eigenvalue weighted by atomic mass is 19.1. The molecule has 132 valence electrons. The Morgan fingerprint density at radius 1 is 1.20 bits per heavy atom. The molecule has 0 saturated carbocycles. The summed E-state index contributed by atoms with van der Waals surface area (Å²) in [7, 11) is -1.01. The molecule has 0 aromatic carbocycles. The lowest BCUT2D eigenvalue weighted by Crippen LogP contribution is -2.41. The topological polar surface area (TPSA) is 49.2 Å². The van der Waals surface area contributed by atoms with Gasteiger partial charge in [0.05, 0.1) is 22.6 Å². The quantitative estimate of drug-likeness (QED) is 0.790. The van der Waals surface area contributed by atoms with Crippen molar-refractivity contribution in [2.45, 2.75) is 52.4 Å². The molecule has 0 atom stereocenters. The zero-order chi connectivity index (χ0) is 18.2. The molecule has 25 heavy (non-hydrogen) atoms. The average molecular weight is 343 g/mol. The third-order valence-electron chi connectivity index (χ3n) is 4.85. The molecule has 0 N–H and O–H groups in total. The second-order valence-electron chi connectivity index (χ2n) is 7.12. The van der Waals surface area contributed by atoms with Crippen molar-refractivity contribution in [1.29, 1.82) is 0 Å². The number of hydrogen-bond acceptors (Lipinski definition) is 4. The van der Waals surface area contributed by atoms with Crippen LogP contribution in [0.1, 0.15) is 40.3 Å². The lowest BCUT2D eigenvalue weighted by Gasteiger charge is -2.32. The molecule has 2 aromatic heterocycles. The normalized spacial score (nSPS) is 19.4. The van der Waals surface area contributed by atoms with Crippen LogP contribution in [0.15, 0.2) is 36.3 Å². The van der Waals surface area contributed by atoms with E-state index in [1.54, 1.807) is 17.1 Å². The van der Waals surface area contributed by atoms with Gasteiger partial charge in [-0.05, 0) is 58.9 Å². The van der Waals surface area contributed by atoms with Crippen molar-refractivity contribution in [2.75, 3.05) is 0 Å². The van der Waals surface area contributed by atoms with E-state index in [1.807, 2.05) is 52.8 Å². The molecule has 0 radical (unpaired) electrons. The van der Waals surface area contributed by atoms with Crippen LogP contribution >= 0.6 is 0 Å². The van der Waals surface area contributed by atoms with Gasteiger partial charge >= 0.3 is 7.12 Å². The lowest BCUT2D eigenvalue weighted by atomic mass is 9.87. The van der Waals surface area contributed by atoms with E-state index >= 15 is 0 Å². The van der Waals surface area contributed by atoms with Gasteiger partial charge in [0.1, 0.15) is 5.73 Å². The van der Waals surface area contributed by atoms with Crippen LogP contribution in [0.3, 0.4) is 0 Å². The van der Waals surface area contributed by atoms with Crippen LogP contribution in [0, 0.1) is 0 Å². The summed E-state index contributed by atoms with van der Waals surface area (Å²) in [5, 5.41) is 4.53. The Bertz CT molecular complexity index is 771. The molecule has 0 amide bonds. The van der Waals surface area contributed by atoms with Crippen LogP contribution in [0.5, 0.6) is 0 Å². The van der Waals surface area contributed by atoms with Crippen molar-refractivity contribution in [3.63, 3.8) is 0 Å². The molecule has 1 aliphatic heterocycles. The van der Waals surface area contributed by atoms with Crippen LogP contribution in [-0.2, 0) is 15.9 Å². The number of halogens is 1. The fourth-order valence-electron chi connectivity index (χ4n) is 2.63.